The first-order valence-electron chi connectivity index (χ1n) is 4.25. The summed E-state index contributed by atoms with van der Waals surface area (Å²) in [5.41, 5.74) is 3.71. The molecule has 6 heteroatoms. The normalized spacial score (nSPS) is 24.6. The van der Waals surface area contributed by atoms with E-state index in [1.165, 1.54) is 0 Å². The van der Waals surface area contributed by atoms with Crippen molar-refractivity contribution in [2.24, 2.45) is 11.7 Å². The standard InChI is InChI=1S/C8H12F3N3/c9-8(10,11)7(13)6(3-12)5-1-2-14-4-5/h3,5,12,14H,1-2,4,13H2. The van der Waals surface area contributed by atoms with Gasteiger partial charge >= 0.3 is 6.18 Å². The number of rotatable bonds is 2. The fourth-order valence-corrected chi connectivity index (χ4v) is 1.50. The van der Waals surface area contributed by atoms with E-state index in [9.17, 15) is 13.2 Å². The number of nitrogens with two attached hydrogens (primary N) is 1. The molecule has 0 saturated carbocycles. The van der Waals surface area contributed by atoms with Crippen LogP contribution in [-0.4, -0.2) is 25.5 Å². The van der Waals surface area contributed by atoms with Crippen molar-refractivity contribution in [3.05, 3.63) is 11.3 Å². The maximum atomic E-state index is 12.2. The molecule has 0 aromatic carbocycles. The lowest BCUT2D eigenvalue weighted by Gasteiger charge is -2.15. The largest absolute Gasteiger partial charge is 0.431 e. The third-order valence-electron chi connectivity index (χ3n) is 2.27. The van der Waals surface area contributed by atoms with Crippen molar-refractivity contribution in [2.75, 3.05) is 13.1 Å². The first-order chi connectivity index (χ1) is 6.46. The Bertz CT molecular complexity index is 251. The summed E-state index contributed by atoms with van der Waals surface area (Å²) in [5.74, 6) is -0.283. The van der Waals surface area contributed by atoms with Crippen LogP contribution in [-0.2, 0) is 0 Å². The highest BCUT2D eigenvalue weighted by Crippen LogP contribution is 2.28. The second-order valence-electron chi connectivity index (χ2n) is 3.20. The van der Waals surface area contributed by atoms with Gasteiger partial charge in [-0.3, -0.25) is 0 Å². The van der Waals surface area contributed by atoms with E-state index in [-0.39, 0.29) is 11.5 Å². The first-order valence-corrected chi connectivity index (χ1v) is 4.25. The highest BCUT2D eigenvalue weighted by Gasteiger charge is 2.36. The molecule has 4 N–H and O–H groups in total. The molecule has 0 aliphatic carbocycles. The SMILES string of the molecule is N=CC(=C(N)C(F)(F)F)C1CCNC1. The lowest BCUT2D eigenvalue weighted by molar-refractivity contribution is -0.0935. The zero-order chi connectivity index (χ0) is 10.8. The molecule has 3 nitrogen and oxygen atoms in total. The molecule has 0 radical (unpaired) electrons. The van der Waals surface area contributed by atoms with Gasteiger partial charge in [0.2, 0.25) is 0 Å². The molecule has 80 valence electrons. The van der Waals surface area contributed by atoms with Crippen LogP contribution >= 0.6 is 0 Å². The summed E-state index contributed by atoms with van der Waals surface area (Å²) in [6.45, 7) is 1.13. The Hall–Kier alpha value is -1.04. The van der Waals surface area contributed by atoms with Gasteiger partial charge in [0.15, 0.2) is 0 Å². The zero-order valence-corrected chi connectivity index (χ0v) is 7.49. The van der Waals surface area contributed by atoms with Crippen molar-refractivity contribution in [3.63, 3.8) is 0 Å². The maximum absolute atomic E-state index is 12.2. The molecular weight excluding hydrogens is 195 g/mol. The number of hydrogen-bond acceptors (Lipinski definition) is 3. The van der Waals surface area contributed by atoms with Gasteiger partial charge in [-0.05, 0) is 13.0 Å². The van der Waals surface area contributed by atoms with Gasteiger partial charge in [-0.25, -0.2) is 0 Å². The van der Waals surface area contributed by atoms with E-state index in [1.807, 2.05) is 0 Å². The van der Waals surface area contributed by atoms with Crippen LogP contribution in [0.25, 0.3) is 0 Å². The molecule has 1 unspecified atom stereocenters. The van der Waals surface area contributed by atoms with Gasteiger partial charge in [-0.1, -0.05) is 0 Å². The summed E-state index contributed by atoms with van der Waals surface area (Å²) in [7, 11) is 0. The molecule has 0 spiro atoms. The van der Waals surface area contributed by atoms with Gasteiger partial charge in [-0.15, -0.1) is 0 Å². The Morgan fingerprint density at radius 2 is 2.14 bits per heavy atom. The second-order valence-corrected chi connectivity index (χ2v) is 3.20. The molecule has 1 aliphatic rings. The monoisotopic (exact) mass is 207 g/mol. The predicted molar refractivity (Wildman–Crippen MR) is 47.0 cm³/mol. The Morgan fingerprint density at radius 3 is 2.50 bits per heavy atom. The quantitative estimate of drug-likeness (QED) is 0.592. The second kappa shape index (κ2) is 4.00. The van der Waals surface area contributed by atoms with Gasteiger partial charge in [0.05, 0.1) is 0 Å². The van der Waals surface area contributed by atoms with Crippen LogP contribution in [0.1, 0.15) is 6.42 Å². The molecule has 0 aromatic heterocycles. The van der Waals surface area contributed by atoms with Crippen molar-refractivity contribution in [1.82, 2.24) is 5.32 Å². The minimum Gasteiger partial charge on any atom is -0.394 e. The lowest BCUT2D eigenvalue weighted by Crippen LogP contribution is -2.25. The number of halogens is 3. The van der Waals surface area contributed by atoms with Crippen molar-refractivity contribution in [3.8, 4) is 0 Å². The maximum Gasteiger partial charge on any atom is 0.431 e. The molecule has 14 heavy (non-hydrogen) atoms. The zero-order valence-electron chi connectivity index (χ0n) is 7.49. The van der Waals surface area contributed by atoms with E-state index < -0.39 is 11.9 Å². The molecule has 0 bridgehead atoms. The molecule has 1 heterocycles. The summed E-state index contributed by atoms with van der Waals surface area (Å²) in [5, 5.41) is 9.88. The van der Waals surface area contributed by atoms with Crippen LogP contribution in [0.5, 0.6) is 0 Å². The third-order valence-corrected chi connectivity index (χ3v) is 2.27. The number of allylic oxidation sites excluding steroid dienone is 1. The van der Waals surface area contributed by atoms with E-state index >= 15 is 0 Å². The van der Waals surface area contributed by atoms with E-state index in [0.29, 0.717) is 25.7 Å². The first kappa shape index (κ1) is 11.0. The summed E-state index contributed by atoms with van der Waals surface area (Å²) in [4.78, 5) is 0. The van der Waals surface area contributed by atoms with Gasteiger partial charge in [0.1, 0.15) is 5.70 Å². The Labute approximate surface area is 79.7 Å². The minimum absolute atomic E-state index is 0.109. The number of nitrogens with one attached hydrogen (secondary N) is 2. The average molecular weight is 207 g/mol. The minimum atomic E-state index is -4.53. The third kappa shape index (κ3) is 2.25. The van der Waals surface area contributed by atoms with Crippen LogP contribution in [0.3, 0.4) is 0 Å². The molecule has 1 saturated heterocycles. The van der Waals surface area contributed by atoms with Gasteiger partial charge in [0.25, 0.3) is 0 Å². The molecule has 1 fully saturated rings. The highest BCUT2D eigenvalue weighted by atomic mass is 19.4. The molecular formula is C8H12F3N3. The topological polar surface area (TPSA) is 61.9 Å². The summed E-state index contributed by atoms with van der Waals surface area (Å²) < 4.78 is 36.7. The predicted octanol–water partition coefficient (Wildman–Crippen LogP) is 1.02. The summed E-state index contributed by atoms with van der Waals surface area (Å²) >= 11 is 0. The van der Waals surface area contributed by atoms with Crippen molar-refractivity contribution in [1.29, 1.82) is 5.41 Å². The average Bonchev–Trinajstić information content (AvgIpc) is 2.57. The Kier molecular flexibility index (Phi) is 3.15. The van der Waals surface area contributed by atoms with Crippen LogP contribution in [0.4, 0.5) is 13.2 Å². The van der Waals surface area contributed by atoms with Gasteiger partial charge in [0, 0.05) is 24.3 Å². The van der Waals surface area contributed by atoms with Crippen molar-refractivity contribution in [2.45, 2.75) is 12.6 Å². The van der Waals surface area contributed by atoms with Gasteiger partial charge in [-0.2, -0.15) is 13.2 Å². The van der Waals surface area contributed by atoms with E-state index in [2.05, 4.69) is 5.32 Å². The van der Waals surface area contributed by atoms with Crippen LogP contribution in [0.15, 0.2) is 11.3 Å². The lowest BCUT2D eigenvalue weighted by atomic mass is 9.97. The van der Waals surface area contributed by atoms with Crippen molar-refractivity contribution < 1.29 is 13.2 Å². The van der Waals surface area contributed by atoms with Crippen LogP contribution < -0.4 is 11.1 Å². The van der Waals surface area contributed by atoms with Crippen molar-refractivity contribution >= 4 is 6.21 Å². The molecule has 0 aromatic rings. The highest BCUT2D eigenvalue weighted by molar-refractivity contribution is 5.78. The number of hydrogen-bond donors (Lipinski definition) is 3. The Balaban J connectivity index is 2.93. The summed E-state index contributed by atoms with van der Waals surface area (Å²) in [6, 6.07) is 0. The van der Waals surface area contributed by atoms with E-state index in [4.69, 9.17) is 11.1 Å². The van der Waals surface area contributed by atoms with E-state index in [1.54, 1.807) is 0 Å². The molecule has 1 atom stereocenters. The summed E-state index contributed by atoms with van der Waals surface area (Å²) in [6.07, 6.45) is -3.22. The fraction of sp³-hybridized carbons (Fsp3) is 0.625. The van der Waals surface area contributed by atoms with Crippen LogP contribution in [0, 0.1) is 11.3 Å². The van der Waals surface area contributed by atoms with E-state index in [0.717, 1.165) is 0 Å². The molecule has 0 amide bonds. The smallest absolute Gasteiger partial charge is 0.394 e. The molecule has 1 aliphatic heterocycles. The van der Waals surface area contributed by atoms with Crippen LogP contribution in [0.2, 0.25) is 0 Å². The number of alkyl halides is 3. The fourth-order valence-electron chi connectivity index (χ4n) is 1.50. The Morgan fingerprint density at radius 1 is 1.50 bits per heavy atom. The van der Waals surface area contributed by atoms with Gasteiger partial charge < -0.3 is 16.5 Å². The molecule has 1 rings (SSSR count).